The number of aryl methyl sites for hydroxylation is 4. The Balaban J connectivity index is 1.91. The third kappa shape index (κ3) is 3.76. The van der Waals surface area contributed by atoms with Crippen molar-refractivity contribution in [3.63, 3.8) is 0 Å². The Morgan fingerprint density at radius 1 is 1.07 bits per heavy atom. The first-order chi connectivity index (χ1) is 14.5. The predicted molar refractivity (Wildman–Crippen MR) is 127 cm³/mol. The maximum atomic E-state index is 9.50. The molecule has 2 aromatic heterocycles. The Morgan fingerprint density at radius 3 is 2.27 bits per heavy atom. The van der Waals surface area contributed by atoms with Gasteiger partial charge in [-0.2, -0.15) is 0 Å². The van der Waals surface area contributed by atoms with Crippen molar-refractivity contribution >= 4 is 32.8 Å². The van der Waals surface area contributed by atoms with Gasteiger partial charge in [-0.1, -0.05) is 29.8 Å². The third-order valence-corrected chi connectivity index (χ3v) is 6.79. The molecule has 160 valence electrons. The number of rotatable bonds is 5. The van der Waals surface area contributed by atoms with Crippen molar-refractivity contribution in [2.75, 3.05) is 24.6 Å². The van der Waals surface area contributed by atoms with Gasteiger partial charge in [-0.15, -0.1) is 0 Å². The molecule has 4 rings (SSSR count). The van der Waals surface area contributed by atoms with Crippen LogP contribution in [0.5, 0.6) is 0 Å². The topological polar surface area (TPSA) is 54.2 Å². The van der Waals surface area contributed by atoms with Crippen LogP contribution in [0.1, 0.15) is 49.2 Å². The van der Waals surface area contributed by atoms with Gasteiger partial charge in [0.2, 0.25) is 0 Å². The van der Waals surface area contributed by atoms with E-state index in [0.29, 0.717) is 5.92 Å². The summed E-state index contributed by atoms with van der Waals surface area (Å²) in [6, 6.07) is 4.45. The van der Waals surface area contributed by atoms with E-state index in [1.807, 2.05) is 6.92 Å². The van der Waals surface area contributed by atoms with Crippen LogP contribution in [0.25, 0.3) is 16.7 Å². The van der Waals surface area contributed by atoms with Crippen LogP contribution < -0.4 is 4.90 Å². The molecule has 0 saturated carbocycles. The lowest BCUT2D eigenvalue weighted by Gasteiger charge is -2.32. The molecule has 1 fully saturated rings. The van der Waals surface area contributed by atoms with E-state index in [1.54, 1.807) is 0 Å². The first-order valence-corrected chi connectivity index (χ1v) is 11.8. The lowest BCUT2D eigenvalue weighted by Crippen LogP contribution is -2.35. The fourth-order valence-electron chi connectivity index (χ4n) is 4.68. The molecule has 3 heterocycles. The molecule has 0 bridgehead atoms. The van der Waals surface area contributed by atoms with Crippen LogP contribution >= 0.6 is 15.9 Å². The quantitative estimate of drug-likeness (QED) is 0.561. The van der Waals surface area contributed by atoms with E-state index >= 15 is 0 Å². The van der Waals surface area contributed by atoms with Gasteiger partial charge in [0.05, 0.1) is 11.1 Å². The maximum Gasteiger partial charge on any atom is 0.150 e. The van der Waals surface area contributed by atoms with Gasteiger partial charge < -0.3 is 14.6 Å². The number of halogens is 1. The number of fused-ring (bicyclic) bond motifs is 1. The summed E-state index contributed by atoms with van der Waals surface area (Å²) < 4.78 is 3.42. The van der Waals surface area contributed by atoms with E-state index in [0.717, 1.165) is 65.9 Å². The van der Waals surface area contributed by atoms with Crippen molar-refractivity contribution in [1.82, 2.24) is 14.5 Å². The fraction of sp³-hybridized carbons (Fsp3) is 0.500. The third-order valence-electron chi connectivity index (χ3n) is 6.34. The highest BCUT2D eigenvalue weighted by Crippen LogP contribution is 2.35. The van der Waals surface area contributed by atoms with Crippen LogP contribution in [0.15, 0.2) is 22.8 Å². The summed E-state index contributed by atoms with van der Waals surface area (Å²) in [6.07, 6.45) is 6.17. The minimum Gasteiger partial charge on any atom is -0.396 e. The second kappa shape index (κ2) is 8.67. The van der Waals surface area contributed by atoms with E-state index in [1.165, 1.54) is 22.4 Å². The highest BCUT2D eigenvalue weighted by atomic mass is 79.9. The van der Waals surface area contributed by atoms with Crippen molar-refractivity contribution in [2.45, 2.75) is 53.4 Å². The van der Waals surface area contributed by atoms with E-state index < -0.39 is 0 Å². The van der Waals surface area contributed by atoms with Crippen molar-refractivity contribution < 1.29 is 5.11 Å². The van der Waals surface area contributed by atoms with Crippen LogP contribution in [-0.4, -0.2) is 39.3 Å². The van der Waals surface area contributed by atoms with Crippen LogP contribution in [-0.2, 0) is 12.8 Å². The number of aromatic nitrogens is 3. The largest absolute Gasteiger partial charge is 0.396 e. The first kappa shape index (κ1) is 21.3. The molecule has 1 aliphatic heterocycles. The van der Waals surface area contributed by atoms with E-state index in [2.05, 4.69) is 64.5 Å². The zero-order valence-corrected chi connectivity index (χ0v) is 20.0. The number of piperidine rings is 1. The molecular weight excluding hydrogens is 440 g/mol. The summed E-state index contributed by atoms with van der Waals surface area (Å²) in [6.45, 7) is 10.7. The van der Waals surface area contributed by atoms with Crippen molar-refractivity contribution in [2.24, 2.45) is 5.92 Å². The fourth-order valence-corrected chi connectivity index (χ4v) is 5.23. The van der Waals surface area contributed by atoms with Crippen LogP contribution in [0.2, 0.25) is 0 Å². The lowest BCUT2D eigenvalue weighted by molar-refractivity contribution is 0.203. The highest BCUT2D eigenvalue weighted by molar-refractivity contribution is 9.10. The molecule has 1 N–H and O–H groups in total. The summed E-state index contributed by atoms with van der Waals surface area (Å²) in [5.41, 5.74) is 6.09. The van der Waals surface area contributed by atoms with Crippen molar-refractivity contribution in [1.29, 1.82) is 0 Å². The molecule has 0 spiro atoms. The lowest BCUT2D eigenvalue weighted by atomic mass is 9.98. The second-order valence-corrected chi connectivity index (χ2v) is 9.28. The summed E-state index contributed by atoms with van der Waals surface area (Å²) in [5.74, 6) is 2.25. The number of nitrogens with zero attached hydrogens (tertiary/aromatic N) is 4. The van der Waals surface area contributed by atoms with Gasteiger partial charge in [-0.25, -0.2) is 9.97 Å². The first-order valence-electron chi connectivity index (χ1n) is 11.0. The minimum atomic E-state index is 0.282. The predicted octanol–water partition coefficient (Wildman–Crippen LogP) is 5.13. The number of benzene rings is 1. The Bertz CT molecular complexity index is 1040. The number of aliphatic hydroxyl groups excluding tert-OH is 1. The molecule has 1 aliphatic rings. The summed E-state index contributed by atoms with van der Waals surface area (Å²) in [4.78, 5) is 12.2. The maximum absolute atomic E-state index is 9.50. The van der Waals surface area contributed by atoms with Gasteiger partial charge in [0.1, 0.15) is 11.6 Å². The number of aliphatic hydroxyl groups is 1. The normalized spacial score (nSPS) is 15.3. The highest BCUT2D eigenvalue weighted by Gasteiger charge is 2.25. The second-order valence-electron chi connectivity index (χ2n) is 8.37. The molecule has 0 atom stereocenters. The van der Waals surface area contributed by atoms with Gasteiger partial charge in [-0.05, 0) is 74.3 Å². The van der Waals surface area contributed by atoms with Crippen LogP contribution in [0.3, 0.4) is 0 Å². The Kier molecular flexibility index (Phi) is 6.16. The molecule has 0 radical (unpaired) electrons. The van der Waals surface area contributed by atoms with Gasteiger partial charge >= 0.3 is 0 Å². The zero-order valence-electron chi connectivity index (χ0n) is 18.4. The average molecular weight is 471 g/mol. The molecule has 3 aromatic rings. The van der Waals surface area contributed by atoms with Crippen molar-refractivity contribution in [3.8, 4) is 5.69 Å². The van der Waals surface area contributed by atoms with Gasteiger partial charge in [0.15, 0.2) is 5.65 Å². The Labute approximate surface area is 187 Å². The van der Waals surface area contributed by atoms with Crippen molar-refractivity contribution in [3.05, 3.63) is 45.3 Å². The van der Waals surface area contributed by atoms with Gasteiger partial charge in [-0.3, -0.25) is 0 Å². The molecule has 0 amide bonds. The number of anilines is 1. The molecular formula is C24H31BrN4O. The average Bonchev–Trinajstić information content (AvgIpc) is 3.08. The molecule has 1 aromatic carbocycles. The monoisotopic (exact) mass is 470 g/mol. The van der Waals surface area contributed by atoms with Gasteiger partial charge in [0, 0.05) is 30.4 Å². The standard InChI is InChI=1S/C24H31BrN4O/c1-5-18-11-20(25)12-19(6-2)22(18)29-13-15(3)21-23(26-16(4)27-24(21)29)28-9-7-17(14-30)8-10-28/h11-13,17,30H,5-10,14H2,1-4H3. The van der Waals surface area contributed by atoms with E-state index in [9.17, 15) is 5.11 Å². The summed E-state index contributed by atoms with van der Waals surface area (Å²) >= 11 is 3.68. The molecule has 1 saturated heterocycles. The van der Waals surface area contributed by atoms with E-state index in [4.69, 9.17) is 9.97 Å². The minimum absolute atomic E-state index is 0.282. The summed E-state index contributed by atoms with van der Waals surface area (Å²) in [5, 5.41) is 10.7. The SMILES string of the molecule is CCc1cc(Br)cc(CC)c1-n1cc(C)c2c(N3CCC(CO)CC3)nc(C)nc21. The van der Waals surface area contributed by atoms with Crippen LogP contribution in [0, 0.1) is 19.8 Å². The smallest absolute Gasteiger partial charge is 0.150 e. The Morgan fingerprint density at radius 2 is 1.70 bits per heavy atom. The zero-order chi connectivity index (χ0) is 21.4. The molecule has 0 unspecified atom stereocenters. The number of hydrogen-bond donors (Lipinski definition) is 1. The van der Waals surface area contributed by atoms with Crippen LogP contribution in [0.4, 0.5) is 5.82 Å². The van der Waals surface area contributed by atoms with E-state index in [-0.39, 0.29) is 6.61 Å². The molecule has 5 nitrogen and oxygen atoms in total. The number of hydrogen-bond acceptors (Lipinski definition) is 4. The molecule has 30 heavy (non-hydrogen) atoms. The molecule has 0 aliphatic carbocycles. The summed E-state index contributed by atoms with van der Waals surface area (Å²) in [7, 11) is 0. The molecule has 6 heteroatoms. The van der Waals surface area contributed by atoms with Gasteiger partial charge in [0.25, 0.3) is 0 Å². The Hall–Kier alpha value is -1.92.